The van der Waals surface area contributed by atoms with Gasteiger partial charge in [0.15, 0.2) is 0 Å². The van der Waals surface area contributed by atoms with E-state index in [1.807, 2.05) is 6.92 Å². The van der Waals surface area contributed by atoms with Crippen LogP contribution in [0.1, 0.15) is 5.01 Å². The number of thiazole rings is 1. The van der Waals surface area contributed by atoms with Gasteiger partial charge in [-0.05, 0) is 6.92 Å². The van der Waals surface area contributed by atoms with Gasteiger partial charge in [-0.1, -0.05) is 11.3 Å². The molecule has 0 saturated carbocycles. The summed E-state index contributed by atoms with van der Waals surface area (Å²) in [7, 11) is 0. The Kier molecular flexibility index (Phi) is 1.25. The van der Waals surface area contributed by atoms with Crippen molar-refractivity contribution in [3.05, 3.63) is 11.2 Å². The summed E-state index contributed by atoms with van der Waals surface area (Å²) in [6.07, 6.45) is 1.64. The van der Waals surface area contributed by atoms with Crippen LogP contribution in [0.2, 0.25) is 0 Å². The first kappa shape index (κ1) is 6.48. The van der Waals surface area contributed by atoms with Crippen molar-refractivity contribution in [2.75, 3.05) is 5.73 Å². The van der Waals surface area contributed by atoms with E-state index in [1.165, 1.54) is 11.3 Å². The van der Waals surface area contributed by atoms with Crippen molar-refractivity contribution in [2.24, 2.45) is 0 Å². The van der Waals surface area contributed by atoms with Crippen molar-refractivity contribution in [1.29, 1.82) is 0 Å². The van der Waals surface area contributed by atoms with Crippen LogP contribution in [0.25, 0.3) is 10.3 Å². The van der Waals surface area contributed by atoms with Gasteiger partial charge in [-0.3, -0.25) is 0 Å². The van der Waals surface area contributed by atoms with E-state index < -0.39 is 0 Å². The molecular weight excluding hydrogens is 160 g/mol. The van der Waals surface area contributed by atoms with Crippen LogP contribution in [0, 0.1) is 6.92 Å². The molecule has 4 nitrogen and oxygen atoms in total. The highest BCUT2D eigenvalue weighted by Crippen LogP contribution is 2.18. The smallest absolute Gasteiger partial charge is 0.221 e. The van der Waals surface area contributed by atoms with E-state index >= 15 is 0 Å². The van der Waals surface area contributed by atoms with Crippen LogP contribution in [0.5, 0.6) is 0 Å². The minimum Gasteiger partial charge on any atom is -0.368 e. The van der Waals surface area contributed by atoms with Crippen molar-refractivity contribution in [3.8, 4) is 0 Å². The monoisotopic (exact) mass is 166 g/mol. The molecule has 0 fully saturated rings. The molecule has 0 spiro atoms. The fraction of sp³-hybridized carbons (Fsp3) is 0.167. The van der Waals surface area contributed by atoms with Crippen LogP contribution in [0.4, 0.5) is 5.95 Å². The Morgan fingerprint density at radius 1 is 1.45 bits per heavy atom. The molecule has 0 atom stereocenters. The number of rotatable bonds is 0. The molecule has 0 saturated heterocycles. The zero-order valence-corrected chi connectivity index (χ0v) is 6.72. The molecule has 2 aromatic heterocycles. The van der Waals surface area contributed by atoms with Gasteiger partial charge < -0.3 is 5.73 Å². The number of hydrogen-bond donors (Lipinski definition) is 1. The minimum atomic E-state index is 0.307. The third-order valence-electron chi connectivity index (χ3n) is 1.28. The Labute approximate surface area is 67.1 Å². The molecule has 0 aliphatic heterocycles. The third-order valence-corrected chi connectivity index (χ3v) is 2.16. The predicted octanol–water partition coefficient (Wildman–Crippen LogP) is 0.977. The Morgan fingerprint density at radius 3 is 3.09 bits per heavy atom. The quantitative estimate of drug-likeness (QED) is 0.633. The first-order valence-corrected chi connectivity index (χ1v) is 3.93. The topological polar surface area (TPSA) is 64.7 Å². The van der Waals surface area contributed by atoms with E-state index in [-0.39, 0.29) is 0 Å². The number of aryl methyl sites for hydroxylation is 1. The number of nitrogens with zero attached hydrogens (tertiary/aromatic N) is 3. The fourth-order valence-electron chi connectivity index (χ4n) is 0.857. The molecule has 0 radical (unpaired) electrons. The summed E-state index contributed by atoms with van der Waals surface area (Å²) < 4.78 is 0. The molecule has 5 heteroatoms. The Morgan fingerprint density at radius 2 is 2.27 bits per heavy atom. The normalized spacial score (nSPS) is 10.6. The molecule has 2 N–H and O–H groups in total. The lowest BCUT2D eigenvalue weighted by atomic mass is 10.6. The molecule has 0 bridgehead atoms. The average Bonchev–Trinajstić information content (AvgIpc) is 2.27. The van der Waals surface area contributed by atoms with E-state index in [0.717, 1.165) is 15.4 Å². The first-order valence-electron chi connectivity index (χ1n) is 3.11. The summed E-state index contributed by atoms with van der Waals surface area (Å²) in [6.45, 7) is 1.93. The summed E-state index contributed by atoms with van der Waals surface area (Å²) in [6, 6.07) is 0. The predicted molar refractivity (Wildman–Crippen MR) is 44.4 cm³/mol. The zero-order chi connectivity index (χ0) is 7.84. The van der Waals surface area contributed by atoms with Crippen LogP contribution in [0.15, 0.2) is 6.20 Å². The standard InChI is InChI=1S/C6H6N4S/c1-3-9-4-2-8-6(7)10-5(4)11-3/h2H,1H3,(H2,7,8,10). The van der Waals surface area contributed by atoms with Gasteiger partial charge in [-0.25, -0.2) is 15.0 Å². The number of aromatic nitrogens is 3. The highest BCUT2D eigenvalue weighted by atomic mass is 32.1. The first-order chi connectivity index (χ1) is 5.25. The van der Waals surface area contributed by atoms with Crippen LogP contribution in [-0.4, -0.2) is 15.0 Å². The lowest BCUT2D eigenvalue weighted by Crippen LogP contribution is -1.92. The average molecular weight is 166 g/mol. The van der Waals surface area contributed by atoms with Crippen molar-refractivity contribution >= 4 is 27.6 Å². The van der Waals surface area contributed by atoms with Crippen LogP contribution < -0.4 is 5.73 Å². The van der Waals surface area contributed by atoms with Gasteiger partial charge in [0.1, 0.15) is 10.3 Å². The minimum absolute atomic E-state index is 0.307. The molecule has 56 valence electrons. The Hall–Kier alpha value is -1.23. The van der Waals surface area contributed by atoms with E-state index in [1.54, 1.807) is 6.20 Å². The molecular formula is C6H6N4S. The van der Waals surface area contributed by atoms with Crippen molar-refractivity contribution in [3.63, 3.8) is 0 Å². The zero-order valence-electron chi connectivity index (χ0n) is 5.90. The van der Waals surface area contributed by atoms with Gasteiger partial charge in [0.05, 0.1) is 11.2 Å². The molecule has 0 unspecified atom stereocenters. The molecule has 2 heterocycles. The maximum atomic E-state index is 5.39. The van der Waals surface area contributed by atoms with Crippen molar-refractivity contribution < 1.29 is 0 Å². The molecule has 0 aliphatic carbocycles. The van der Waals surface area contributed by atoms with Gasteiger partial charge in [-0.2, -0.15) is 0 Å². The number of fused-ring (bicyclic) bond motifs is 1. The highest BCUT2D eigenvalue weighted by Gasteiger charge is 2.01. The van der Waals surface area contributed by atoms with Crippen LogP contribution in [-0.2, 0) is 0 Å². The Balaban J connectivity index is 2.82. The lowest BCUT2D eigenvalue weighted by Gasteiger charge is -1.87. The molecule has 11 heavy (non-hydrogen) atoms. The largest absolute Gasteiger partial charge is 0.368 e. The van der Waals surface area contributed by atoms with E-state index in [4.69, 9.17) is 5.73 Å². The van der Waals surface area contributed by atoms with Crippen molar-refractivity contribution in [1.82, 2.24) is 15.0 Å². The van der Waals surface area contributed by atoms with Gasteiger partial charge in [0.2, 0.25) is 5.95 Å². The second kappa shape index (κ2) is 2.13. The number of nitrogen functional groups attached to an aromatic ring is 1. The summed E-state index contributed by atoms with van der Waals surface area (Å²) in [4.78, 5) is 12.9. The molecule has 0 amide bonds. The fourth-order valence-corrected chi connectivity index (χ4v) is 1.62. The summed E-state index contributed by atoms with van der Waals surface area (Å²) in [5.41, 5.74) is 6.21. The second-order valence-corrected chi connectivity index (χ2v) is 3.33. The van der Waals surface area contributed by atoms with Gasteiger partial charge in [-0.15, -0.1) is 0 Å². The molecule has 0 aromatic carbocycles. The number of nitrogens with two attached hydrogens (primary N) is 1. The van der Waals surface area contributed by atoms with Gasteiger partial charge >= 0.3 is 0 Å². The maximum Gasteiger partial charge on any atom is 0.221 e. The van der Waals surface area contributed by atoms with E-state index in [0.29, 0.717) is 5.95 Å². The molecule has 2 rings (SSSR count). The van der Waals surface area contributed by atoms with Gasteiger partial charge in [0.25, 0.3) is 0 Å². The van der Waals surface area contributed by atoms with Crippen LogP contribution in [0.3, 0.4) is 0 Å². The van der Waals surface area contributed by atoms with E-state index in [9.17, 15) is 0 Å². The second-order valence-electron chi connectivity index (χ2n) is 2.15. The number of hydrogen-bond acceptors (Lipinski definition) is 5. The molecule has 0 aliphatic rings. The lowest BCUT2D eigenvalue weighted by molar-refractivity contribution is 1.23. The summed E-state index contributed by atoms with van der Waals surface area (Å²) >= 11 is 1.52. The highest BCUT2D eigenvalue weighted by molar-refractivity contribution is 7.18. The van der Waals surface area contributed by atoms with Crippen LogP contribution >= 0.6 is 11.3 Å². The van der Waals surface area contributed by atoms with Crippen molar-refractivity contribution in [2.45, 2.75) is 6.92 Å². The summed E-state index contributed by atoms with van der Waals surface area (Å²) in [5.74, 6) is 0.307. The molecule has 2 aromatic rings. The van der Waals surface area contributed by atoms with Gasteiger partial charge in [0, 0.05) is 0 Å². The number of anilines is 1. The third kappa shape index (κ3) is 1.03. The summed E-state index contributed by atoms with van der Waals surface area (Å²) in [5, 5.41) is 0.986. The Bertz CT molecular complexity index is 394. The SMILES string of the molecule is Cc1nc2cnc(N)nc2s1. The van der Waals surface area contributed by atoms with E-state index in [2.05, 4.69) is 15.0 Å². The maximum absolute atomic E-state index is 5.39.